The van der Waals surface area contributed by atoms with Crippen molar-refractivity contribution in [2.24, 2.45) is 18.7 Å². The summed E-state index contributed by atoms with van der Waals surface area (Å²) in [5.41, 5.74) is 10.2. The third-order valence-electron chi connectivity index (χ3n) is 8.06. The molecule has 4 aromatic rings. The van der Waals surface area contributed by atoms with Gasteiger partial charge in [-0.2, -0.15) is 13.1 Å². The van der Waals surface area contributed by atoms with Gasteiger partial charge in [-0.15, -0.1) is 0 Å². The molecular formula is C28H33F2N7O3S. The third kappa shape index (κ3) is 5.05. The Kier molecular flexibility index (Phi) is 6.76. The smallest absolute Gasteiger partial charge is 0.329 e. The van der Waals surface area contributed by atoms with E-state index in [0.29, 0.717) is 53.5 Å². The summed E-state index contributed by atoms with van der Waals surface area (Å²) in [6, 6.07) is 8.57. The topological polar surface area (TPSA) is 119 Å². The number of halogens is 2. The maximum atomic E-state index is 13.8. The van der Waals surface area contributed by atoms with E-state index in [1.807, 2.05) is 46.2 Å². The summed E-state index contributed by atoms with van der Waals surface area (Å²) in [6.45, 7) is 0.458. The van der Waals surface area contributed by atoms with Crippen LogP contribution in [0, 0.1) is 12.8 Å². The molecule has 0 spiro atoms. The number of nitrogens with two attached hydrogens (primary N) is 1. The van der Waals surface area contributed by atoms with Crippen LogP contribution in [0.15, 0.2) is 30.3 Å². The van der Waals surface area contributed by atoms with Gasteiger partial charge in [-0.25, -0.2) is 18.4 Å². The number of likely N-dealkylation sites (tertiary alicyclic amines) is 1. The van der Waals surface area contributed by atoms with Crippen LogP contribution in [-0.2, 0) is 23.6 Å². The fourth-order valence-electron chi connectivity index (χ4n) is 5.75. The van der Waals surface area contributed by atoms with Crippen molar-refractivity contribution >= 4 is 43.8 Å². The van der Waals surface area contributed by atoms with E-state index in [9.17, 15) is 22.0 Å². The zero-order chi connectivity index (χ0) is 29.2. The number of carbonyl (C=O) groups excluding carboxylic acids is 1. The van der Waals surface area contributed by atoms with Gasteiger partial charge >= 0.3 is 6.55 Å². The zero-order valence-electron chi connectivity index (χ0n) is 23.2. The summed E-state index contributed by atoms with van der Waals surface area (Å²) in [7, 11) is -2.35. The van der Waals surface area contributed by atoms with E-state index in [4.69, 9.17) is 10.7 Å². The SMILES string of the molecule is Cc1cc2c(cc1C(=O)N1CCC[C@@H](N)C1)nc(-c1cc3ccc(N(C(F)F)S(C)(=O)=O)nc3n1CC1CC1)n2C. The van der Waals surface area contributed by atoms with Gasteiger partial charge in [0.15, 0.2) is 5.82 Å². The van der Waals surface area contributed by atoms with Gasteiger partial charge in [0.05, 0.1) is 23.0 Å². The molecule has 2 aliphatic rings. The highest BCUT2D eigenvalue weighted by molar-refractivity contribution is 7.92. The van der Waals surface area contributed by atoms with Crippen LogP contribution in [0.25, 0.3) is 33.6 Å². The fourth-order valence-corrected chi connectivity index (χ4v) is 6.48. The van der Waals surface area contributed by atoms with Crippen LogP contribution >= 0.6 is 0 Å². The van der Waals surface area contributed by atoms with Gasteiger partial charge in [-0.1, -0.05) is 0 Å². The quantitative estimate of drug-likeness (QED) is 0.329. The van der Waals surface area contributed by atoms with Crippen molar-refractivity contribution in [2.75, 3.05) is 23.7 Å². The number of carbonyl (C=O) groups is 1. The maximum Gasteiger partial charge on any atom is 0.329 e. The molecular weight excluding hydrogens is 552 g/mol. The number of hydrogen-bond acceptors (Lipinski definition) is 6. The largest absolute Gasteiger partial charge is 0.337 e. The molecule has 41 heavy (non-hydrogen) atoms. The Morgan fingerprint density at radius 3 is 2.59 bits per heavy atom. The first-order valence-electron chi connectivity index (χ1n) is 13.7. The zero-order valence-corrected chi connectivity index (χ0v) is 24.0. The number of imidazole rings is 1. The fraction of sp³-hybridized carbons (Fsp3) is 0.464. The van der Waals surface area contributed by atoms with Crippen molar-refractivity contribution in [1.29, 1.82) is 0 Å². The Morgan fingerprint density at radius 2 is 1.93 bits per heavy atom. The average Bonchev–Trinajstić information content (AvgIpc) is 3.58. The summed E-state index contributed by atoms with van der Waals surface area (Å²) in [5, 5.41) is 0.688. The van der Waals surface area contributed by atoms with Gasteiger partial charge < -0.3 is 19.8 Å². The molecule has 13 heteroatoms. The van der Waals surface area contributed by atoms with Gasteiger partial charge in [-0.05, 0) is 74.4 Å². The molecule has 10 nitrogen and oxygen atoms in total. The molecule has 0 bridgehead atoms. The second-order valence-corrected chi connectivity index (χ2v) is 13.2. The van der Waals surface area contributed by atoms with Crippen molar-refractivity contribution in [3.8, 4) is 11.5 Å². The number of amides is 1. The van der Waals surface area contributed by atoms with Crippen LogP contribution in [-0.4, -0.2) is 70.3 Å². The van der Waals surface area contributed by atoms with E-state index >= 15 is 0 Å². The molecule has 1 aliphatic carbocycles. The molecule has 1 saturated heterocycles. The van der Waals surface area contributed by atoms with Crippen LogP contribution in [0.5, 0.6) is 0 Å². The molecule has 1 saturated carbocycles. The minimum atomic E-state index is -4.25. The molecule has 1 atom stereocenters. The van der Waals surface area contributed by atoms with Gasteiger partial charge in [0.1, 0.15) is 11.5 Å². The lowest BCUT2D eigenvalue weighted by Gasteiger charge is -2.31. The lowest BCUT2D eigenvalue weighted by molar-refractivity contribution is 0.0708. The number of piperidine rings is 1. The predicted molar refractivity (Wildman–Crippen MR) is 153 cm³/mol. The van der Waals surface area contributed by atoms with Gasteiger partial charge in [-0.3, -0.25) is 4.79 Å². The molecule has 1 amide bonds. The van der Waals surface area contributed by atoms with E-state index in [1.165, 1.54) is 6.07 Å². The van der Waals surface area contributed by atoms with E-state index in [-0.39, 0.29) is 22.1 Å². The summed E-state index contributed by atoms with van der Waals surface area (Å²) in [4.78, 5) is 24.6. The number of hydrogen-bond donors (Lipinski definition) is 1. The average molecular weight is 586 g/mol. The molecule has 0 unspecified atom stereocenters. The van der Waals surface area contributed by atoms with Crippen molar-refractivity contribution in [1.82, 2.24) is 24.0 Å². The number of nitrogens with zero attached hydrogens (tertiary/aromatic N) is 6. The number of rotatable bonds is 7. The molecule has 1 aliphatic heterocycles. The molecule has 2 fully saturated rings. The van der Waals surface area contributed by atoms with E-state index in [1.54, 1.807) is 6.07 Å². The number of anilines is 1. The Labute approximate surface area is 236 Å². The summed E-state index contributed by atoms with van der Waals surface area (Å²) < 4.78 is 55.7. The molecule has 218 valence electrons. The monoisotopic (exact) mass is 585 g/mol. The number of aryl methyl sites for hydroxylation is 2. The van der Waals surface area contributed by atoms with Crippen molar-refractivity contribution in [2.45, 2.75) is 51.7 Å². The number of aromatic nitrogens is 4. The normalized spacial score (nSPS) is 18.1. The first kappa shape index (κ1) is 27.6. The van der Waals surface area contributed by atoms with Crippen LogP contribution in [0.1, 0.15) is 41.6 Å². The van der Waals surface area contributed by atoms with E-state index in [2.05, 4.69) is 4.98 Å². The van der Waals surface area contributed by atoms with Crippen LogP contribution in [0.4, 0.5) is 14.6 Å². The van der Waals surface area contributed by atoms with E-state index in [0.717, 1.165) is 48.7 Å². The molecule has 3 aromatic heterocycles. The summed E-state index contributed by atoms with van der Waals surface area (Å²) in [5.74, 6) is 0.657. The van der Waals surface area contributed by atoms with Crippen molar-refractivity contribution in [3.05, 3.63) is 41.5 Å². The third-order valence-corrected chi connectivity index (χ3v) is 9.12. The first-order chi connectivity index (χ1) is 19.4. The van der Waals surface area contributed by atoms with Crippen LogP contribution in [0.2, 0.25) is 0 Å². The highest BCUT2D eigenvalue weighted by Gasteiger charge is 2.31. The Bertz CT molecular complexity index is 1780. The second-order valence-electron chi connectivity index (χ2n) is 11.3. The van der Waals surface area contributed by atoms with Crippen LogP contribution < -0.4 is 10.0 Å². The van der Waals surface area contributed by atoms with Gasteiger partial charge in [0.25, 0.3) is 5.91 Å². The van der Waals surface area contributed by atoms with E-state index < -0.39 is 16.6 Å². The lowest BCUT2D eigenvalue weighted by atomic mass is 10.0. The van der Waals surface area contributed by atoms with Crippen LogP contribution in [0.3, 0.4) is 0 Å². The predicted octanol–water partition coefficient (Wildman–Crippen LogP) is 3.86. The maximum absolute atomic E-state index is 13.8. The molecule has 1 aromatic carbocycles. The minimum absolute atomic E-state index is 0.0223. The molecule has 6 rings (SSSR count). The molecule has 4 heterocycles. The molecule has 0 radical (unpaired) electrons. The molecule has 2 N–H and O–H groups in total. The van der Waals surface area contributed by atoms with Crippen molar-refractivity contribution < 1.29 is 22.0 Å². The minimum Gasteiger partial charge on any atom is -0.337 e. The number of fused-ring (bicyclic) bond motifs is 2. The highest BCUT2D eigenvalue weighted by Crippen LogP contribution is 2.37. The van der Waals surface area contributed by atoms with Crippen molar-refractivity contribution in [3.63, 3.8) is 0 Å². The Hall–Kier alpha value is -3.58. The van der Waals surface area contributed by atoms with Gasteiger partial charge in [0.2, 0.25) is 10.0 Å². The number of sulfonamides is 1. The summed E-state index contributed by atoms with van der Waals surface area (Å²) in [6.07, 6.45) is 4.60. The Balaban J connectivity index is 1.46. The second kappa shape index (κ2) is 10.1. The standard InChI is InChI=1S/C28H33F2N7O3S/c1-16-11-22-21(13-20(16)27(38)35-10-4-5-19(31)15-35)32-26(34(22)2)23-12-18-8-9-24(37(28(29)30)41(3,39)40)33-25(18)36(23)14-17-6-7-17/h8-9,11-13,17,19,28H,4-7,10,14-15,31H2,1-3H3/t19-/m1/s1. The van der Waals surface area contributed by atoms with Gasteiger partial charge in [0, 0.05) is 43.7 Å². The lowest BCUT2D eigenvalue weighted by Crippen LogP contribution is -2.45. The number of benzene rings is 1. The number of alkyl halides is 2. The Morgan fingerprint density at radius 1 is 1.17 bits per heavy atom. The summed E-state index contributed by atoms with van der Waals surface area (Å²) >= 11 is 0. The highest BCUT2D eigenvalue weighted by atomic mass is 32.2. The first-order valence-corrected chi connectivity index (χ1v) is 15.6. The number of pyridine rings is 1.